The Kier molecular flexibility index (Phi) is 9.28. The number of hydrogen-bond donors (Lipinski definition) is 11. The fourth-order valence-corrected chi connectivity index (χ4v) is 4.69. The first-order valence-corrected chi connectivity index (χ1v) is 11.4. The van der Waals surface area contributed by atoms with E-state index in [4.69, 9.17) is 18.9 Å². The molecule has 3 rings (SSSR count). The van der Waals surface area contributed by atoms with Gasteiger partial charge in [-0.1, -0.05) is 0 Å². The normalized spacial score (nSPS) is 52.1. The first-order valence-electron chi connectivity index (χ1n) is 11.4. The number of ether oxygens (including phenoxy) is 4. The van der Waals surface area contributed by atoms with Crippen molar-refractivity contribution in [2.24, 2.45) is 0 Å². The standard InChI is InChI=1S/C20H35NO15/c1-5-10(24)16(30)20(32,17-9(21-6(2)23)13(27)11(25)7(3-22)35-17)19(34-5)33-4-8-12(26)14(28)15(29)18(31)36-8/h5,7-19,22,24-32H,3-4H2,1-2H3,(H,21,23)/t5-,7-,8-,9+,10-,11-,12-,13-,14+,15+,16+,17-,18+,19-,20-/m1/s1. The summed E-state index contributed by atoms with van der Waals surface area (Å²) in [6, 6.07) is -1.59. The maximum absolute atomic E-state index is 11.8. The molecule has 0 radical (unpaired) electrons. The first kappa shape index (κ1) is 29.5. The van der Waals surface area contributed by atoms with Crippen LogP contribution in [0.5, 0.6) is 0 Å². The second-order valence-corrected chi connectivity index (χ2v) is 9.35. The number of carbonyl (C=O) groups excluding carboxylic acids is 1. The minimum atomic E-state index is -2.77. The molecule has 3 aliphatic rings. The summed E-state index contributed by atoms with van der Waals surface area (Å²) in [6.45, 7) is 0.877. The average molecular weight is 529 g/mol. The molecule has 210 valence electrons. The number of rotatable bonds is 6. The van der Waals surface area contributed by atoms with E-state index in [1.165, 1.54) is 6.92 Å². The van der Waals surface area contributed by atoms with Crippen LogP contribution in [0.2, 0.25) is 0 Å². The summed E-state index contributed by atoms with van der Waals surface area (Å²) in [4.78, 5) is 11.8. The zero-order valence-corrected chi connectivity index (χ0v) is 19.5. The van der Waals surface area contributed by atoms with E-state index in [1.807, 2.05) is 0 Å². The van der Waals surface area contributed by atoms with E-state index in [2.05, 4.69) is 5.32 Å². The minimum Gasteiger partial charge on any atom is -0.394 e. The molecule has 11 N–H and O–H groups in total. The van der Waals surface area contributed by atoms with Crippen molar-refractivity contribution in [3.8, 4) is 0 Å². The van der Waals surface area contributed by atoms with Crippen molar-refractivity contribution in [3.63, 3.8) is 0 Å². The Morgan fingerprint density at radius 2 is 1.47 bits per heavy atom. The first-order chi connectivity index (χ1) is 16.7. The third kappa shape index (κ3) is 5.25. The number of amides is 1. The van der Waals surface area contributed by atoms with Gasteiger partial charge in [0.2, 0.25) is 5.91 Å². The molecule has 0 aromatic rings. The molecule has 36 heavy (non-hydrogen) atoms. The number of aliphatic hydroxyl groups is 10. The maximum Gasteiger partial charge on any atom is 0.217 e. The minimum absolute atomic E-state index is 0.698. The quantitative estimate of drug-likeness (QED) is 0.153. The van der Waals surface area contributed by atoms with Crippen LogP contribution >= 0.6 is 0 Å². The lowest BCUT2D eigenvalue weighted by Gasteiger charge is -2.55. The number of carbonyl (C=O) groups is 1. The van der Waals surface area contributed by atoms with Gasteiger partial charge in [0.15, 0.2) is 18.2 Å². The van der Waals surface area contributed by atoms with Crippen LogP contribution in [0.4, 0.5) is 0 Å². The lowest BCUT2D eigenvalue weighted by Crippen LogP contribution is -2.78. The topological polar surface area (TPSA) is 268 Å². The average Bonchev–Trinajstić information content (AvgIpc) is 2.83. The maximum atomic E-state index is 11.8. The van der Waals surface area contributed by atoms with Gasteiger partial charge in [-0.15, -0.1) is 0 Å². The highest BCUT2D eigenvalue weighted by Gasteiger charge is 2.64. The van der Waals surface area contributed by atoms with E-state index in [-0.39, 0.29) is 0 Å². The van der Waals surface area contributed by atoms with E-state index in [9.17, 15) is 55.9 Å². The van der Waals surface area contributed by atoms with Crippen LogP contribution in [0.15, 0.2) is 0 Å². The summed E-state index contributed by atoms with van der Waals surface area (Å²) in [7, 11) is 0. The number of nitrogens with one attached hydrogen (secondary N) is 1. The molecule has 3 aliphatic heterocycles. The summed E-state index contributed by atoms with van der Waals surface area (Å²) in [6.07, 6.45) is -22.4. The highest BCUT2D eigenvalue weighted by Crippen LogP contribution is 2.40. The zero-order chi connectivity index (χ0) is 27.1. The Bertz CT molecular complexity index is 761. The van der Waals surface area contributed by atoms with Gasteiger partial charge in [-0.2, -0.15) is 0 Å². The third-order valence-corrected chi connectivity index (χ3v) is 6.85. The molecule has 3 saturated heterocycles. The van der Waals surface area contributed by atoms with Crippen LogP contribution in [-0.2, 0) is 23.7 Å². The van der Waals surface area contributed by atoms with Gasteiger partial charge in [0.25, 0.3) is 0 Å². The van der Waals surface area contributed by atoms with Crippen molar-refractivity contribution >= 4 is 5.91 Å². The van der Waals surface area contributed by atoms with Gasteiger partial charge >= 0.3 is 0 Å². The van der Waals surface area contributed by atoms with Crippen LogP contribution < -0.4 is 5.32 Å². The smallest absolute Gasteiger partial charge is 0.217 e. The van der Waals surface area contributed by atoms with Gasteiger partial charge in [0.05, 0.1) is 25.4 Å². The van der Waals surface area contributed by atoms with Crippen LogP contribution in [0.3, 0.4) is 0 Å². The zero-order valence-electron chi connectivity index (χ0n) is 19.5. The fourth-order valence-electron chi connectivity index (χ4n) is 4.69. The molecule has 0 spiro atoms. The second-order valence-electron chi connectivity index (χ2n) is 9.35. The number of aliphatic hydroxyl groups excluding tert-OH is 9. The summed E-state index contributed by atoms with van der Waals surface area (Å²) in [5, 5.41) is 105. The predicted octanol–water partition coefficient (Wildman–Crippen LogP) is -7.01. The summed E-state index contributed by atoms with van der Waals surface area (Å²) in [5.74, 6) is -0.719. The summed E-state index contributed by atoms with van der Waals surface area (Å²) >= 11 is 0. The summed E-state index contributed by atoms with van der Waals surface area (Å²) < 4.78 is 21.7. The second kappa shape index (κ2) is 11.3. The van der Waals surface area contributed by atoms with Gasteiger partial charge in [-0.3, -0.25) is 4.79 Å². The van der Waals surface area contributed by atoms with Crippen molar-refractivity contribution in [1.29, 1.82) is 0 Å². The molecule has 1 amide bonds. The molecule has 3 heterocycles. The number of hydrogen-bond acceptors (Lipinski definition) is 15. The van der Waals surface area contributed by atoms with E-state index in [1.54, 1.807) is 0 Å². The third-order valence-electron chi connectivity index (χ3n) is 6.85. The monoisotopic (exact) mass is 529 g/mol. The van der Waals surface area contributed by atoms with Gasteiger partial charge in [0.1, 0.15) is 61.0 Å². The molecule has 16 nitrogen and oxygen atoms in total. The molecule has 0 bridgehead atoms. The van der Waals surface area contributed by atoms with E-state index >= 15 is 0 Å². The Morgan fingerprint density at radius 3 is 2.06 bits per heavy atom. The van der Waals surface area contributed by atoms with Gasteiger partial charge < -0.3 is 75.3 Å². The molecule has 3 fully saturated rings. The van der Waals surface area contributed by atoms with Crippen LogP contribution in [-0.4, -0.2) is 162 Å². The van der Waals surface area contributed by atoms with Crippen molar-refractivity contribution in [1.82, 2.24) is 5.32 Å². The molecule has 16 heteroatoms. The molecule has 0 aliphatic carbocycles. The molecule has 0 aromatic carbocycles. The van der Waals surface area contributed by atoms with Gasteiger partial charge in [0, 0.05) is 6.92 Å². The Morgan fingerprint density at radius 1 is 0.861 bits per heavy atom. The highest BCUT2D eigenvalue weighted by atomic mass is 16.7. The van der Waals surface area contributed by atoms with Crippen molar-refractivity contribution in [2.45, 2.75) is 105 Å². The fraction of sp³-hybridized carbons (Fsp3) is 0.950. The van der Waals surface area contributed by atoms with E-state index in [0.717, 1.165) is 6.92 Å². The predicted molar refractivity (Wildman–Crippen MR) is 112 cm³/mol. The van der Waals surface area contributed by atoms with E-state index in [0.29, 0.717) is 0 Å². The summed E-state index contributed by atoms with van der Waals surface area (Å²) in [5.41, 5.74) is -2.77. The van der Waals surface area contributed by atoms with Crippen molar-refractivity contribution in [3.05, 3.63) is 0 Å². The van der Waals surface area contributed by atoms with Crippen molar-refractivity contribution in [2.75, 3.05) is 13.2 Å². The van der Waals surface area contributed by atoms with E-state index < -0.39 is 110 Å². The lowest BCUT2D eigenvalue weighted by molar-refractivity contribution is -0.381. The van der Waals surface area contributed by atoms with Crippen LogP contribution in [0, 0.1) is 0 Å². The van der Waals surface area contributed by atoms with Crippen molar-refractivity contribution < 1.29 is 74.8 Å². The molecule has 0 aromatic heterocycles. The van der Waals surface area contributed by atoms with Gasteiger partial charge in [-0.05, 0) is 6.92 Å². The Labute approximate surface area is 205 Å². The molecule has 0 saturated carbocycles. The van der Waals surface area contributed by atoms with Crippen LogP contribution in [0.25, 0.3) is 0 Å². The van der Waals surface area contributed by atoms with Gasteiger partial charge in [-0.25, -0.2) is 0 Å². The molecular formula is C20H35NO15. The molecule has 0 unspecified atom stereocenters. The molecule has 15 atom stereocenters. The Balaban J connectivity index is 1.93. The SMILES string of the molecule is CC(=O)N[C@H]1[C@@H](O)[C@H](O)[C@@H](CO)O[C@H]1[C@@]1(O)[C@H](OC[C@H]2O[C@H](O)[C@@H](O)[C@@H](O)[C@@H]2O)O[C@H](C)[C@@H](O)[C@@H]1O. The Hall–Kier alpha value is -1.09. The van der Waals surface area contributed by atoms with Crippen LogP contribution in [0.1, 0.15) is 13.8 Å². The molecular weight excluding hydrogens is 494 g/mol. The largest absolute Gasteiger partial charge is 0.394 e. The lowest BCUT2D eigenvalue weighted by atomic mass is 9.75. The highest BCUT2D eigenvalue weighted by molar-refractivity contribution is 5.73.